The molecule has 0 saturated carbocycles. The Labute approximate surface area is 142 Å². The molecule has 0 spiro atoms. The van der Waals surface area contributed by atoms with Gasteiger partial charge in [-0.3, -0.25) is 19.2 Å². The second-order valence-corrected chi connectivity index (χ2v) is 5.90. The number of rotatable bonds is 6. The van der Waals surface area contributed by atoms with Gasteiger partial charge >= 0.3 is 23.9 Å². The van der Waals surface area contributed by atoms with Crippen molar-refractivity contribution in [2.45, 2.75) is 6.42 Å². The molecule has 0 radical (unpaired) electrons. The van der Waals surface area contributed by atoms with Gasteiger partial charge in [0.1, 0.15) is 0 Å². The Morgan fingerprint density at radius 2 is 0.960 bits per heavy atom. The zero-order valence-electron chi connectivity index (χ0n) is 12.9. The van der Waals surface area contributed by atoms with E-state index in [9.17, 15) is 39.6 Å². The van der Waals surface area contributed by atoms with Crippen molar-refractivity contribution in [3.05, 3.63) is 48.6 Å². The number of hydrogen-bond acceptors (Lipinski definition) is 4. The highest BCUT2D eigenvalue weighted by atomic mass is 16.4. The van der Waals surface area contributed by atoms with Gasteiger partial charge in [0.05, 0.1) is 0 Å². The van der Waals surface area contributed by atoms with Gasteiger partial charge in [-0.1, -0.05) is 48.6 Å². The van der Waals surface area contributed by atoms with E-state index in [0.717, 1.165) is 12.2 Å². The molecule has 0 aromatic heterocycles. The van der Waals surface area contributed by atoms with Crippen LogP contribution in [0.3, 0.4) is 0 Å². The van der Waals surface area contributed by atoms with E-state index in [1.165, 1.54) is 36.5 Å². The Bertz CT molecular complexity index is 650. The molecule has 132 valence electrons. The fraction of sp³-hybridized carbons (Fsp3) is 0.294. The second-order valence-electron chi connectivity index (χ2n) is 5.90. The first-order valence-electron chi connectivity index (χ1n) is 7.35. The van der Waals surface area contributed by atoms with Crippen molar-refractivity contribution < 1.29 is 39.6 Å². The molecule has 4 N–H and O–H groups in total. The van der Waals surface area contributed by atoms with Crippen LogP contribution in [0.5, 0.6) is 0 Å². The van der Waals surface area contributed by atoms with Crippen LogP contribution in [0.2, 0.25) is 0 Å². The number of carboxylic acid groups (broad SMARTS) is 4. The standard InChI is InChI=1S/C17H16O8/c18-12(19)16(13(20)21)7-3-1-5-10(16)9-11-6-2-4-8-17(11,14(22)23)15(24)25/h1-8,10-11H,9H2,(H,18,19)(H,20,21)(H,22,23)(H,24,25). The summed E-state index contributed by atoms with van der Waals surface area (Å²) in [5.74, 6) is -8.64. The van der Waals surface area contributed by atoms with E-state index < -0.39 is 46.5 Å². The third kappa shape index (κ3) is 2.65. The SMILES string of the molecule is O=C(O)C1(C(=O)O)C=CC=CC1CC1C=CC=CC1(C(=O)O)C(=O)O. The molecule has 2 rings (SSSR count). The largest absolute Gasteiger partial charge is 0.480 e. The zero-order valence-corrected chi connectivity index (χ0v) is 12.9. The Kier molecular flexibility index (Phi) is 4.64. The van der Waals surface area contributed by atoms with E-state index in [1.807, 2.05) is 0 Å². The fourth-order valence-electron chi connectivity index (χ4n) is 3.27. The average molecular weight is 348 g/mol. The lowest BCUT2D eigenvalue weighted by Crippen LogP contribution is -2.49. The highest BCUT2D eigenvalue weighted by molar-refractivity contribution is 6.02. The molecule has 2 atom stereocenters. The molecule has 0 amide bonds. The van der Waals surface area contributed by atoms with E-state index in [-0.39, 0.29) is 6.42 Å². The van der Waals surface area contributed by atoms with Crippen LogP contribution in [-0.4, -0.2) is 44.3 Å². The van der Waals surface area contributed by atoms with Crippen LogP contribution in [-0.2, 0) is 19.2 Å². The second kappa shape index (κ2) is 6.39. The average Bonchev–Trinajstić information content (AvgIpc) is 2.54. The molecule has 2 unspecified atom stereocenters. The van der Waals surface area contributed by atoms with Gasteiger partial charge < -0.3 is 20.4 Å². The monoisotopic (exact) mass is 348 g/mol. The first-order chi connectivity index (χ1) is 11.7. The molecule has 0 heterocycles. The molecule has 25 heavy (non-hydrogen) atoms. The van der Waals surface area contributed by atoms with Crippen molar-refractivity contribution in [3.63, 3.8) is 0 Å². The van der Waals surface area contributed by atoms with E-state index in [4.69, 9.17) is 0 Å². The van der Waals surface area contributed by atoms with E-state index in [0.29, 0.717) is 0 Å². The summed E-state index contributed by atoms with van der Waals surface area (Å²) in [5.41, 5.74) is -4.57. The lowest BCUT2D eigenvalue weighted by Gasteiger charge is -2.37. The lowest BCUT2D eigenvalue weighted by atomic mass is 9.63. The number of aliphatic carboxylic acids is 4. The van der Waals surface area contributed by atoms with Crippen molar-refractivity contribution in [1.29, 1.82) is 0 Å². The van der Waals surface area contributed by atoms with Crippen LogP contribution in [0.4, 0.5) is 0 Å². The van der Waals surface area contributed by atoms with Gasteiger partial charge in [0.25, 0.3) is 0 Å². The van der Waals surface area contributed by atoms with Gasteiger partial charge in [-0.05, 0) is 6.42 Å². The maximum Gasteiger partial charge on any atom is 0.325 e. The van der Waals surface area contributed by atoms with Gasteiger partial charge in [-0.25, -0.2) is 0 Å². The minimum Gasteiger partial charge on any atom is -0.480 e. The Morgan fingerprint density at radius 3 is 1.24 bits per heavy atom. The molecule has 0 fully saturated rings. The zero-order chi connectivity index (χ0) is 18.8. The van der Waals surface area contributed by atoms with Gasteiger partial charge in [-0.15, -0.1) is 0 Å². The molecule has 0 aromatic rings. The topological polar surface area (TPSA) is 149 Å². The summed E-state index contributed by atoms with van der Waals surface area (Å²) in [6.07, 6.45) is 9.96. The highest BCUT2D eigenvalue weighted by Gasteiger charge is 2.56. The fourth-order valence-corrected chi connectivity index (χ4v) is 3.27. The van der Waals surface area contributed by atoms with Crippen LogP contribution in [0.25, 0.3) is 0 Å². The number of carboxylic acids is 4. The van der Waals surface area contributed by atoms with Gasteiger partial charge in [0.2, 0.25) is 0 Å². The lowest BCUT2D eigenvalue weighted by molar-refractivity contribution is -0.165. The molecule has 0 bridgehead atoms. The minimum atomic E-state index is -2.29. The summed E-state index contributed by atoms with van der Waals surface area (Å²) >= 11 is 0. The maximum absolute atomic E-state index is 11.7. The van der Waals surface area contributed by atoms with Gasteiger partial charge in [0, 0.05) is 11.8 Å². The van der Waals surface area contributed by atoms with Crippen LogP contribution in [0.15, 0.2) is 48.6 Å². The summed E-state index contributed by atoms with van der Waals surface area (Å²) in [6.45, 7) is 0. The molecule has 0 saturated heterocycles. The van der Waals surface area contributed by atoms with Crippen LogP contribution in [0, 0.1) is 22.7 Å². The van der Waals surface area contributed by atoms with Crippen LogP contribution >= 0.6 is 0 Å². The molecule has 2 aliphatic carbocycles. The summed E-state index contributed by atoms with van der Waals surface area (Å²) in [4.78, 5) is 46.7. The third-order valence-corrected chi connectivity index (χ3v) is 4.72. The Hall–Kier alpha value is -3.16. The van der Waals surface area contributed by atoms with Gasteiger partial charge in [-0.2, -0.15) is 0 Å². The van der Waals surface area contributed by atoms with Crippen LogP contribution in [0.1, 0.15) is 6.42 Å². The first-order valence-corrected chi connectivity index (χ1v) is 7.35. The molecule has 0 aliphatic heterocycles. The predicted molar refractivity (Wildman–Crippen MR) is 83.6 cm³/mol. The summed E-state index contributed by atoms with van der Waals surface area (Å²) in [5, 5.41) is 37.9. The molecule has 2 aliphatic rings. The smallest absolute Gasteiger partial charge is 0.325 e. The number of allylic oxidation sites excluding steroid dienone is 6. The molecule has 0 aromatic carbocycles. The molecular formula is C17H16O8. The van der Waals surface area contributed by atoms with E-state index in [2.05, 4.69) is 0 Å². The van der Waals surface area contributed by atoms with Gasteiger partial charge in [0.15, 0.2) is 10.8 Å². The predicted octanol–water partition coefficient (Wildman–Crippen LogP) is 1.17. The third-order valence-electron chi connectivity index (χ3n) is 4.72. The number of hydrogen-bond donors (Lipinski definition) is 4. The van der Waals surface area contributed by atoms with E-state index in [1.54, 1.807) is 0 Å². The van der Waals surface area contributed by atoms with Crippen molar-refractivity contribution in [3.8, 4) is 0 Å². The van der Waals surface area contributed by atoms with Crippen molar-refractivity contribution in [2.75, 3.05) is 0 Å². The first kappa shape index (κ1) is 18.2. The van der Waals surface area contributed by atoms with Crippen molar-refractivity contribution in [1.82, 2.24) is 0 Å². The minimum absolute atomic E-state index is 0.279. The number of carbonyl (C=O) groups is 4. The molecular weight excluding hydrogens is 332 g/mol. The molecule has 8 nitrogen and oxygen atoms in total. The molecule has 8 heteroatoms. The maximum atomic E-state index is 11.7. The summed E-state index contributed by atoms with van der Waals surface area (Å²) in [6, 6.07) is 0. The van der Waals surface area contributed by atoms with Crippen LogP contribution < -0.4 is 0 Å². The summed E-state index contributed by atoms with van der Waals surface area (Å²) < 4.78 is 0. The highest BCUT2D eigenvalue weighted by Crippen LogP contribution is 2.45. The van der Waals surface area contributed by atoms with Crippen molar-refractivity contribution in [2.24, 2.45) is 22.7 Å². The Balaban J connectivity index is 2.48. The Morgan fingerprint density at radius 1 is 0.640 bits per heavy atom. The summed E-state index contributed by atoms with van der Waals surface area (Å²) in [7, 11) is 0. The van der Waals surface area contributed by atoms with E-state index >= 15 is 0 Å². The van der Waals surface area contributed by atoms with Crippen molar-refractivity contribution >= 4 is 23.9 Å². The quantitative estimate of drug-likeness (QED) is 0.523. The normalized spacial score (nSPS) is 25.4.